The van der Waals surface area contributed by atoms with E-state index < -0.39 is 10.0 Å². The summed E-state index contributed by atoms with van der Waals surface area (Å²) in [6.45, 7) is 1.82. The number of aromatic amines is 1. The van der Waals surface area contributed by atoms with Crippen molar-refractivity contribution >= 4 is 27.0 Å². The van der Waals surface area contributed by atoms with Gasteiger partial charge in [-0.3, -0.25) is 0 Å². The Bertz CT molecular complexity index is 941. The lowest BCUT2D eigenvalue weighted by molar-refractivity contribution is 0.477. The maximum Gasteiger partial charge on any atom is 0.243 e. The Morgan fingerprint density at radius 1 is 1.04 bits per heavy atom. The van der Waals surface area contributed by atoms with Crippen molar-refractivity contribution in [2.75, 3.05) is 18.4 Å². The SMILES string of the molecule is O=S(=O)(c1ccc(CNc2nc3ccccc3[nH]2)cc1)N1CCCC1. The van der Waals surface area contributed by atoms with Gasteiger partial charge in [0.05, 0.1) is 15.9 Å². The molecule has 3 aromatic rings. The first kappa shape index (κ1) is 16.1. The number of nitrogens with one attached hydrogen (secondary N) is 2. The van der Waals surface area contributed by atoms with Crippen LogP contribution in [0.2, 0.25) is 0 Å². The molecule has 1 aromatic heterocycles. The van der Waals surface area contributed by atoms with Crippen molar-refractivity contribution in [3.63, 3.8) is 0 Å². The van der Waals surface area contributed by atoms with E-state index in [4.69, 9.17) is 0 Å². The van der Waals surface area contributed by atoms with Crippen LogP contribution in [-0.4, -0.2) is 35.8 Å². The highest BCUT2D eigenvalue weighted by Gasteiger charge is 2.26. The van der Waals surface area contributed by atoms with E-state index in [9.17, 15) is 8.42 Å². The van der Waals surface area contributed by atoms with E-state index in [1.54, 1.807) is 16.4 Å². The normalized spacial score (nSPS) is 15.7. The van der Waals surface area contributed by atoms with Crippen LogP contribution in [0.15, 0.2) is 53.4 Å². The molecule has 130 valence electrons. The molecule has 0 unspecified atom stereocenters. The molecule has 2 aromatic carbocycles. The topological polar surface area (TPSA) is 78.1 Å². The third-order valence-electron chi connectivity index (χ3n) is 4.48. The van der Waals surface area contributed by atoms with Gasteiger partial charge in [0, 0.05) is 19.6 Å². The molecule has 1 aliphatic rings. The smallest absolute Gasteiger partial charge is 0.243 e. The Morgan fingerprint density at radius 3 is 2.48 bits per heavy atom. The number of H-pyrrole nitrogens is 1. The average molecular weight is 356 g/mol. The van der Waals surface area contributed by atoms with Crippen LogP contribution in [0, 0.1) is 0 Å². The van der Waals surface area contributed by atoms with Crippen molar-refractivity contribution in [2.24, 2.45) is 0 Å². The number of hydrogen-bond donors (Lipinski definition) is 2. The minimum absolute atomic E-state index is 0.363. The molecule has 0 radical (unpaired) electrons. The molecule has 0 atom stereocenters. The second kappa shape index (κ2) is 6.50. The zero-order chi connectivity index (χ0) is 17.3. The second-order valence-electron chi connectivity index (χ2n) is 6.21. The lowest BCUT2D eigenvalue weighted by atomic mass is 10.2. The predicted octanol–water partition coefficient (Wildman–Crippen LogP) is 2.96. The summed E-state index contributed by atoms with van der Waals surface area (Å²) < 4.78 is 26.6. The van der Waals surface area contributed by atoms with E-state index >= 15 is 0 Å². The number of para-hydroxylation sites is 2. The molecule has 7 heteroatoms. The Labute approximate surface area is 146 Å². The second-order valence-corrected chi connectivity index (χ2v) is 8.15. The molecular weight excluding hydrogens is 336 g/mol. The molecular formula is C18H20N4O2S. The highest BCUT2D eigenvalue weighted by Crippen LogP contribution is 2.21. The van der Waals surface area contributed by atoms with Gasteiger partial charge >= 0.3 is 0 Å². The first-order valence-corrected chi connectivity index (χ1v) is 9.85. The summed E-state index contributed by atoms with van der Waals surface area (Å²) in [6, 6.07) is 14.9. The van der Waals surface area contributed by atoms with Crippen LogP contribution in [0.4, 0.5) is 5.95 Å². The minimum Gasteiger partial charge on any atom is -0.352 e. The molecule has 1 saturated heterocycles. The molecule has 0 bridgehead atoms. The molecule has 4 rings (SSSR count). The van der Waals surface area contributed by atoms with Crippen molar-refractivity contribution in [1.82, 2.24) is 14.3 Å². The summed E-state index contributed by atoms with van der Waals surface area (Å²) in [5.74, 6) is 0.704. The van der Waals surface area contributed by atoms with Crippen molar-refractivity contribution in [1.29, 1.82) is 0 Å². The highest BCUT2D eigenvalue weighted by atomic mass is 32.2. The van der Waals surface area contributed by atoms with Crippen LogP contribution in [0.3, 0.4) is 0 Å². The number of imidazole rings is 1. The maximum absolute atomic E-state index is 12.5. The highest BCUT2D eigenvalue weighted by molar-refractivity contribution is 7.89. The van der Waals surface area contributed by atoms with Gasteiger partial charge < -0.3 is 10.3 Å². The molecule has 0 aliphatic carbocycles. The fraction of sp³-hybridized carbons (Fsp3) is 0.278. The van der Waals surface area contributed by atoms with Crippen LogP contribution in [0.25, 0.3) is 11.0 Å². The standard InChI is InChI=1S/C18H20N4O2S/c23-25(24,22-11-3-4-12-22)15-9-7-14(8-10-15)13-19-18-20-16-5-1-2-6-17(16)21-18/h1-2,5-10H,3-4,11-13H2,(H2,19,20,21). The number of sulfonamides is 1. The van der Waals surface area contributed by atoms with Gasteiger partial charge in [-0.25, -0.2) is 13.4 Å². The molecule has 25 heavy (non-hydrogen) atoms. The first-order valence-electron chi connectivity index (χ1n) is 8.41. The molecule has 2 heterocycles. The Morgan fingerprint density at radius 2 is 1.76 bits per heavy atom. The summed E-state index contributed by atoms with van der Waals surface area (Å²) in [6.07, 6.45) is 1.89. The molecule has 6 nitrogen and oxygen atoms in total. The number of benzene rings is 2. The average Bonchev–Trinajstić information content (AvgIpc) is 3.30. The van der Waals surface area contributed by atoms with Crippen molar-refractivity contribution in [3.05, 3.63) is 54.1 Å². The van der Waals surface area contributed by atoms with Crippen LogP contribution in [0.5, 0.6) is 0 Å². The zero-order valence-corrected chi connectivity index (χ0v) is 14.6. The van der Waals surface area contributed by atoms with Gasteiger partial charge in [-0.05, 0) is 42.7 Å². The monoisotopic (exact) mass is 356 g/mol. The predicted molar refractivity (Wildman–Crippen MR) is 97.9 cm³/mol. The summed E-state index contributed by atoms with van der Waals surface area (Å²) >= 11 is 0. The van der Waals surface area contributed by atoms with Crippen LogP contribution in [-0.2, 0) is 16.6 Å². The molecule has 2 N–H and O–H groups in total. The van der Waals surface area contributed by atoms with Crippen molar-refractivity contribution < 1.29 is 8.42 Å². The van der Waals surface area contributed by atoms with Gasteiger partial charge in [0.25, 0.3) is 0 Å². The number of aromatic nitrogens is 2. The van der Waals surface area contributed by atoms with Gasteiger partial charge in [-0.2, -0.15) is 4.31 Å². The minimum atomic E-state index is -3.35. The number of rotatable bonds is 5. The third-order valence-corrected chi connectivity index (χ3v) is 6.39. The van der Waals surface area contributed by atoms with Gasteiger partial charge in [-0.1, -0.05) is 24.3 Å². The van der Waals surface area contributed by atoms with Gasteiger partial charge in [0.15, 0.2) is 0 Å². The zero-order valence-electron chi connectivity index (χ0n) is 13.8. The van der Waals surface area contributed by atoms with Gasteiger partial charge in [0.1, 0.15) is 0 Å². The van der Waals surface area contributed by atoms with Crippen LogP contribution < -0.4 is 5.32 Å². The molecule has 0 saturated carbocycles. The van der Waals surface area contributed by atoms with E-state index in [-0.39, 0.29) is 0 Å². The maximum atomic E-state index is 12.5. The van der Waals surface area contributed by atoms with E-state index in [0.717, 1.165) is 29.4 Å². The van der Waals surface area contributed by atoms with E-state index in [1.165, 1.54) is 0 Å². The Kier molecular flexibility index (Phi) is 4.19. The number of hydrogen-bond acceptors (Lipinski definition) is 4. The fourth-order valence-electron chi connectivity index (χ4n) is 3.08. The fourth-order valence-corrected chi connectivity index (χ4v) is 4.60. The summed E-state index contributed by atoms with van der Waals surface area (Å²) in [4.78, 5) is 8.04. The van der Waals surface area contributed by atoms with Crippen LogP contribution >= 0.6 is 0 Å². The van der Waals surface area contributed by atoms with Crippen molar-refractivity contribution in [3.8, 4) is 0 Å². The van der Waals surface area contributed by atoms with Crippen molar-refractivity contribution in [2.45, 2.75) is 24.3 Å². The molecule has 0 spiro atoms. The Balaban J connectivity index is 1.45. The van der Waals surface area contributed by atoms with Crippen LogP contribution in [0.1, 0.15) is 18.4 Å². The number of fused-ring (bicyclic) bond motifs is 1. The molecule has 1 fully saturated rings. The molecule has 0 amide bonds. The summed E-state index contributed by atoms with van der Waals surface area (Å²) in [7, 11) is -3.35. The summed E-state index contributed by atoms with van der Waals surface area (Å²) in [5, 5.41) is 3.24. The Hall–Kier alpha value is -2.38. The van der Waals surface area contributed by atoms with Gasteiger partial charge in [-0.15, -0.1) is 0 Å². The largest absolute Gasteiger partial charge is 0.352 e. The quantitative estimate of drug-likeness (QED) is 0.737. The number of anilines is 1. The van der Waals surface area contributed by atoms with Gasteiger partial charge in [0.2, 0.25) is 16.0 Å². The lowest BCUT2D eigenvalue weighted by Gasteiger charge is -2.15. The third kappa shape index (κ3) is 3.25. The number of nitrogens with zero attached hydrogens (tertiary/aromatic N) is 2. The summed E-state index contributed by atoms with van der Waals surface area (Å²) in [5.41, 5.74) is 2.90. The van der Waals surface area contributed by atoms with E-state index in [0.29, 0.717) is 30.5 Å². The molecule has 1 aliphatic heterocycles. The van der Waals surface area contributed by atoms with E-state index in [1.807, 2.05) is 36.4 Å². The lowest BCUT2D eigenvalue weighted by Crippen LogP contribution is -2.27. The first-order chi connectivity index (χ1) is 12.1. The van der Waals surface area contributed by atoms with E-state index in [2.05, 4.69) is 15.3 Å².